The van der Waals surface area contributed by atoms with Crippen molar-refractivity contribution < 1.29 is 9.15 Å². The van der Waals surface area contributed by atoms with Gasteiger partial charge in [-0.3, -0.25) is 4.90 Å². The summed E-state index contributed by atoms with van der Waals surface area (Å²) in [6.07, 6.45) is 12.1. The highest BCUT2D eigenvalue weighted by Crippen LogP contribution is 2.34. The molecule has 4 rings (SSSR count). The molecule has 5 nitrogen and oxygen atoms in total. The molecule has 2 aliphatic rings. The van der Waals surface area contributed by atoms with Gasteiger partial charge < -0.3 is 14.1 Å². The molecule has 7 heteroatoms. The Morgan fingerprint density at radius 3 is 2.38 bits per heavy atom. The second-order valence-corrected chi connectivity index (χ2v) is 10.6. The largest absolute Gasteiger partial charge is 0.434 e. The minimum absolute atomic E-state index is 0.248. The molecule has 0 radical (unpaired) electrons. The fourth-order valence-electron chi connectivity index (χ4n) is 4.14. The van der Waals surface area contributed by atoms with Gasteiger partial charge in [-0.05, 0) is 63.8 Å². The molecule has 1 fully saturated rings. The topological polar surface area (TPSA) is 41.7 Å². The van der Waals surface area contributed by atoms with Gasteiger partial charge in [0.05, 0.1) is 0 Å². The number of hydrogen-bond donors (Lipinski definition) is 0. The van der Waals surface area contributed by atoms with Crippen LogP contribution in [0.15, 0.2) is 74.9 Å². The normalized spacial score (nSPS) is 15.7. The molecule has 1 saturated heterocycles. The van der Waals surface area contributed by atoms with Crippen LogP contribution in [0.1, 0.15) is 59.8 Å². The van der Waals surface area contributed by atoms with E-state index in [0.29, 0.717) is 6.04 Å². The van der Waals surface area contributed by atoms with Crippen LogP contribution in [0.2, 0.25) is 0 Å². The number of piperazine rings is 1. The second kappa shape index (κ2) is 18.2. The number of nitrogens with zero attached hydrogens (tertiary/aromatic N) is 3. The van der Waals surface area contributed by atoms with Gasteiger partial charge in [0.15, 0.2) is 11.0 Å². The van der Waals surface area contributed by atoms with E-state index in [9.17, 15) is 0 Å². The van der Waals surface area contributed by atoms with E-state index in [1.807, 2.05) is 51.3 Å². The number of benzene rings is 1. The van der Waals surface area contributed by atoms with E-state index in [-0.39, 0.29) is 5.92 Å². The number of oxazole rings is 1. The van der Waals surface area contributed by atoms with Crippen LogP contribution in [0.5, 0.6) is 0 Å². The fourth-order valence-corrected chi connectivity index (χ4v) is 4.80. The van der Waals surface area contributed by atoms with Crippen LogP contribution in [-0.2, 0) is 4.74 Å². The quantitative estimate of drug-likeness (QED) is 0.171. The Morgan fingerprint density at radius 1 is 1.08 bits per heavy atom. The maximum Gasteiger partial charge on any atom is 0.199 e. The maximum atomic E-state index is 6.07. The van der Waals surface area contributed by atoms with Gasteiger partial charge in [0.25, 0.3) is 0 Å². The first-order valence-corrected chi connectivity index (χ1v) is 15.7. The van der Waals surface area contributed by atoms with E-state index in [1.165, 1.54) is 5.69 Å². The Kier molecular flexibility index (Phi) is 15.4. The summed E-state index contributed by atoms with van der Waals surface area (Å²) < 4.78 is 11.6. The molecule has 1 aliphatic carbocycles. The summed E-state index contributed by atoms with van der Waals surface area (Å²) in [5, 5.41) is 1.61. The number of ether oxygens (including phenoxy) is 1. The van der Waals surface area contributed by atoms with Crippen molar-refractivity contribution in [3.63, 3.8) is 0 Å². The number of thioether (sulfide) groups is 1. The van der Waals surface area contributed by atoms with Gasteiger partial charge in [-0.15, -0.1) is 5.73 Å². The Labute approximate surface area is 245 Å². The minimum atomic E-state index is 0.248. The zero-order valence-corrected chi connectivity index (χ0v) is 26.3. The van der Waals surface area contributed by atoms with E-state index in [1.54, 1.807) is 17.8 Å². The zero-order chi connectivity index (χ0) is 28.6. The lowest BCUT2D eigenvalue weighted by Gasteiger charge is -2.38. The third-order valence-electron chi connectivity index (χ3n) is 6.45. The molecule has 2 aromatic rings. The van der Waals surface area contributed by atoms with Crippen LogP contribution in [0.4, 0.5) is 5.69 Å². The lowest BCUT2D eigenvalue weighted by Crippen LogP contribution is -2.48. The molecule has 214 valence electrons. The van der Waals surface area contributed by atoms with Crippen molar-refractivity contribution in [3.05, 3.63) is 71.3 Å². The molecule has 0 bridgehead atoms. The predicted molar refractivity (Wildman–Crippen MR) is 169 cm³/mol. The Bertz CT molecular complexity index is 1090. The third kappa shape index (κ3) is 10.7. The lowest BCUT2D eigenvalue weighted by atomic mass is 10.1. The Balaban J connectivity index is 0.000000451. The molecule has 0 N–H and O–H groups in total. The van der Waals surface area contributed by atoms with Crippen molar-refractivity contribution in [2.45, 2.75) is 65.0 Å². The molecular weight excluding hydrogens is 526 g/mol. The highest BCUT2D eigenvalue weighted by Gasteiger charge is 2.21. The number of halogens is 1. The third-order valence-corrected chi connectivity index (χ3v) is 7.33. The van der Waals surface area contributed by atoms with Crippen LogP contribution in [-0.4, -0.2) is 61.6 Å². The molecular formula is C32H46ClN3O2S. The van der Waals surface area contributed by atoms with Gasteiger partial charge in [-0.1, -0.05) is 68.4 Å². The standard InChI is InChI=1S/C23H35N3O2S.C7H5Cl.C2H6/c1-6-27-16-11-18(4)22-24-21(23(28-22)29-5)19-7-9-20(10-8-19)26-14-12-25(13-15-26)17(2)3;8-7-5-3-1-2-4-6-7;1-2/h7-10,17-18H,6,11-16H2,1-5H3;1-3,5-6H;1-2H3. The van der Waals surface area contributed by atoms with Crippen molar-refractivity contribution in [2.24, 2.45) is 0 Å². The highest BCUT2D eigenvalue weighted by molar-refractivity contribution is 7.98. The van der Waals surface area contributed by atoms with E-state index in [0.717, 1.165) is 73.1 Å². The molecule has 0 spiro atoms. The summed E-state index contributed by atoms with van der Waals surface area (Å²) >= 11 is 7.21. The lowest BCUT2D eigenvalue weighted by molar-refractivity contribution is 0.138. The summed E-state index contributed by atoms with van der Waals surface area (Å²) in [4.78, 5) is 9.85. The Morgan fingerprint density at radius 2 is 1.77 bits per heavy atom. The van der Waals surface area contributed by atoms with Crippen LogP contribution in [0.3, 0.4) is 0 Å². The van der Waals surface area contributed by atoms with Gasteiger partial charge in [-0.2, -0.15) is 0 Å². The summed E-state index contributed by atoms with van der Waals surface area (Å²) in [6, 6.07) is 9.42. The summed E-state index contributed by atoms with van der Waals surface area (Å²) in [7, 11) is 0. The van der Waals surface area contributed by atoms with Crippen molar-refractivity contribution in [3.8, 4) is 11.3 Å². The van der Waals surface area contributed by atoms with Crippen LogP contribution in [0, 0.1) is 0 Å². The first-order valence-electron chi connectivity index (χ1n) is 14.1. The van der Waals surface area contributed by atoms with Gasteiger partial charge >= 0.3 is 0 Å². The minimum Gasteiger partial charge on any atom is -0.434 e. The predicted octanol–water partition coefficient (Wildman–Crippen LogP) is 8.54. The SMILES string of the molecule is CC.CCOCCC(C)c1nc(-c2ccc(N3CCN(C(C)C)CC3)cc2)c(SC)o1.ClC1=CC=CC=C=C1. The molecule has 1 aromatic heterocycles. The smallest absolute Gasteiger partial charge is 0.199 e. The van der Waals surface area contributed by atoms with Crippen LogP contribution >= 0.6 is 23.4 Å². The number of allylic oxidation sites excluding steroid dienone is 5. The number of hydrogen-bond acceptors (Lipinski definition) is 6. The number of aromatic nitrogens is 1. The zero-order valence-electron chi connectivity index (χ0n) is 24.7. The van der Waals surface area contributed by atoms with Gasteiger partial charge in [0.2, 0.25) is 0 Å². The highest BCUT2D eigenvalue weighted by atomic mass is 35.5. The van der Waals surface area contributed by atoms with Crippen molar-refractivity contribution in [1.29, 1.82) is 0 Å². The van der Waals surface area contributed by atoms with Crippen molar-refractivity contribution in [1.82, 2.24) is 9.88 Å². The Hall–Kier alpha value is -2.21. The molecule has 1 aromatic carbocycles. The van der Waals surface area contributed by atoms with Gasteiger partial charge in [0, 0.05) is 67.6 Å². The first kappa shape index (κ1) is 33.0. The van der Waals surface area contributed by atoms with E-state index < -0.39 is 0 Å². The number of rotatable bonds is 9. The molecule has 39 heavy (non-hydrogen) atoms. The summed E-state index contributed by atoms with van der Waals surface area (Å²) in [5.74, 6) is 1.05. The average molecular weight is 572 g/mol. The fraction of sp³-hybridized carbons (Fsp3) is 0.500. The summed E-state index contributed by atoms with van der Waals surface area (Å²) in [5.41, 5.74) is 6.22. The average Bonchev–Trinajstić information content (AvgIpc) is 3.27. The van der Waals surface area contributed by atoms with E-state index in [2.05, 4.69) is 60.6 Å². The second-order valence-electron chi connectivity index (χ2n) is 9.36. The van der Waals surface area contributed by atoms with Crippen LogP contribution in [0.25, 0.3) is 11.3 Å². The maximum absolute atomic E-state index is 6.07. The van der Waals surface area contributed by atoms with Crippen molar-refractivity contribution in [2.75, 3.05) is 50.5 Å². The monoisotopic (exact) mass is 571 g/mol. The molecule has 0 saturated carbocycles. The first-order chi connectivity index (χ1) is 18.9. The number of anilines is 1. The van der Waals surface area contributed by atoms with E-state index >= 15 is 0 Å². The molecule has 1 unspecified atom stereocenters. The van der Waals surface area contributed by atoms with Crippen molar-refractivity contribution >= 4 is 29.1 Å². The van der Waals surface area contributed by atoms with E-state index in [4.69, 9.17) is 25.7 Å². The molecule has 2 heterocycles. The summed E-state index contributed by atoms with van der Waals surface area (Å²) in [6.45, 7) is 18.6. The molecule has 1 atom stereocenters. The van der Waals surface area contributed by atoms with Crippen LogP contribution < -0.4 is 4.90 Å². The van der Waals surface area contributed by atoms with Gasteiger partial charge in [-0.25, -0.2) is 4.98 Å². The van der Waals surface area contributed by atoms with Gasteiger partial charge in [0.1, 0.15) is 5.69 Å². The molecule has 1 aliphatic heterocycles. The molecule has 0 amide bonds.